The predicted octanol–water partition coefficient (Wildman–Crippen LogP) is 21.4. The van der Waals surface area contributed by atoms with Gasteiger partial charge in [-0.1, -0.05) is 336 Å². The number of aliphatic hydroxyl groups is 1. The molecule has 0 bridgehead atoms. The van der Waals surface area contributed by atoms with Crippen LogP contribution in [0.4, 0.5) is 0 Å². The van der Waals surface area contributed by atoms with Crippen LogP contribution in [0.15, 0.2) is 0 Å². The van der Waals surface area contributed by atoms with Crippen LogP contribution in [0, 0.1) is 0 Å². The van der Waals surface area contributed by atoms with Crippen LogP contribution < -0.4 is 0 Å². The van der Waals surface area contributed by atoms with Crippen molar-refractivity contribution in [3.8, 4) is 0 Å². The Bertz CT molecular complexity index is 1760. The summed E-state index contributed by atoms with van der Waals surface area (Å²) < 4.78 is 68.2. The summed E-state index contributed by atoms with van der Waals surface area (Å²) in [6.07, 6.45) is 57.1. The molecule has 2 unspecified atom stereocenters. The molecule has 5 atom stereocenters. The lowest BCUT2D eigenvalue weighted by molar-refractivity contribution is -0.161. The second-order valence-corrected chi connectivity index (χ2v) is 29.2. The number of ether oxygens (including phenoxy) is 4. The number of phosphoric ester groups is 2. The Hall–Kier alpha value is -1.94. The van der Waals surface area contributed by atoms with Crippen LogP contribution in [0.25, 0.3) is 0 Å². The summed E-state index contributed by atoms with van der Waals surface area (Å²) in [4.78, 5) is 72.4. The lowest BCUT2D eigenvalue weighted by Crippen LogP contribution is -2.30. The van der Waals surface area contributed by atoms with Gasteiger partial charge in [0.05, 0.1) is 26.4 Å². The van der Waals surface area contributed by atoms with Crippen molar-refractivity contribution in [3.63, 3.8) is 0 Å². The van der Waals surface area contributed by atoms with Crippen LogP contribution in [0.3, 0.4) is 0 Å². The van der Waals surface area contributed by atoms with Gasteiger partial charge < -0.3 is 33.8 Å². The molecule has 0 aliphatic carbocycles. The van der Waals surface area contributed by atoms with Gasteiger partial charge in [0.2, 0.25) is 0 Å². The number of hydrogen-bond donors (Lipinski definition) is 3. The van der Waals surface area contributed by atoms with Crippen LogP contribution >= 0.6 is 15.6 Å². The van der Waals surface area contributed by atoms with Crippen LogP contribution in [0.5, 0.6) is 0 Å². The summed E-state index contributed by atoms with van der Waals surface area (Å²) in [5.74, 6) is -2.12. The number of hydrogen-bond acceptors (Lipinski definition) is 15. The maximum Gasteiger partial charge on any atom is 0.472 e. The molecule has 0 saturated heterocycles. The van der Waals surface area contributed by atoms with Crippen molar-refractivity contribution in [2.45, 2.75) is 406 Å². The molecule has 19 heteroatoms. The third-order valence-electron chi connectivity index (χ3n) is 17.1. The molecule has 0 aliphatic heterocycles. The van der Waals surface area contributed by atoms with Gasteiger partial charge in [0.25, 0.3) is 0 Å². The van der Waals surface area contributed by atoms with Gasteiger partial charge in [-0.15, -0.1) is 0 Å². The molecule has 0 amide bonds. The van der Waals surface area contributed by atoms with E-state index in [9.17, 15) is 43.2 Å². The molecule has 0 aromatic carbocycles. The molecule has 17 nitrogen and oxygen atoms in total. The Morgan fingerprint density at radius 2 is 0.435 bits per heavy atom. The molecule has 3 N–H and O–H groups in total. The highest BCUT2D eigenvalue weighted by atomic mass is 31.2. The number of carbonyl (C=O) groups is 4. The average Bonchev–Trinajstić information content (AvgIpc) is 3.24. The summed E-state index contributed by atoms with van der Waals surface area (Å²) in [5.41, 5.74) is 0. The molecule has 546 valence electrons. The van der Waals surface area contributed by atoms with Gasteiger partial charge in [-0.2, -0.15) is 0 Å². The largest absolute Gasteiger partial charge is 0.472 e. The highest BCUT2D eigenvalue weighted by molar-refractivity contribution is 7.47. The number of rotatable bonds is 74. The van der Waals surface area contributed by atoms with Crippen LogP contribution in [-0.2, 0) is 65.4 Å². The van der Waals surface area contributed by atoms with Gasteiger partial charge in [0.1, 0.15) is 19.3 Å². The average molecular weight is 1350 g/mol. The van der Waals surface area contributed by atoms with Gasteiger partial charge >= 0.3 is 39.5 Å². The maximum absolute atomic E-state index is 13.1. The Morgan fingerprint density at radius 1 is 0.261 bits per heavy atom. The first kappa shape index (κ1) is 90.1. The number of aliphatic hydroxyl groups excluding tert-OH is 1. The van der Waals surface area contributed by atoms with Gasteiger partial charge in [-0.3, -0.25) is 37.3 Å². The monoisotopic (exact) mass is 1350 g/mol. The van der Waals surface area contributed by atoms with E-state index >= 15 is 0 Å². The van der Waals surface area contributed by atoms with Gasteiger partial charge in [0, 0.05) is 25.7 Å². The number of carbonyl (C=O) groups excluding carboxylic acids is 4. The quantitative estimate of drug-likeness (QED) is 0.0222. The Morgan fingerprint density at radius 3 is 0.641 bits per heavy atom. The smallest absolute Gasteiger partial charge is 0.462 e. The van der Waals surface area contributed by atoms with E-state index in [0.29, 0.717) is 25.7 Å². The van der Waals surface area contributed by atoms with E-state index in [4.69, 9.17) is 37.0 Å². The Labute approximate surface area is 562 Å². The van der Waals surface area contributed by atoms with Crippen molar-refractivity contribution >= 4 is 39.5 Å². The lowest BCUT2D eigenvalue weighted by atomic mass is 10.0. The molecule has 0 aromatic rings. The van der Waals surface area contributed by atoms with Crippen LogP contribution in [0.2, 0.25) is 0 Å². The third kappa shape index (κ3) is 66.7. The van der Waals surface area contributed by atoms with E-state index in [-0.39, 0.29) is 25.7 Å². The molecule has 0 rings (SSSR count). The van der Waals surface area contributed by atoms with Gasteiger partial charge in [0.15, 0.2) is 12.2 Å². The highest BCUT2D eigenvalue weighted by Crippen LogP contribution is 2.45. The van der Waals surface area contributed by atoms with E-state index in [0.717, 1.165) is 103 Å². The van der Waals surface area contributed by atoms with Crippen molar-refractivity contribution in [1.82, 2.24) is 0 Å². The van der Waals surface area contributed by atoms with E-state index in [1.807, 2.05) is 0 Å². The summed E-state index contributed by atoms with van der Waals surface area (Å²) in [6.45, 7) is 4.91. The summed E-state index contributed by atoms with van der Waals surface area (Å²) in [6, 6.07) is 0. The maximum atomic E-state index is 13.1. The zero-order chi connectivity index (χ0) is 67.5. The second-order valence-electron chi connectivity index (χ2n) is 26.3. The van der Waals surface area contributed by atoms with Crippen LogP contribution in [0.1, 0.15) is 387 Å². The molecule has 0 aromatic heterocycles. The normalized spacial score (nSPS) is 13.9. The Balaban J connectivity index is 5.15. The molecule has 0 saturated carbocycles. The summed E-state index contributed by atoms with van der Waals surface area (Å²) in [5, 5.41) is 10.6. The topological polar surface area (TPSA) is 237 Å². The van der Waals surface area contributed by atoms with Crippen LogP contribution in [-0.4, -0.2) is 96.7 Å². The van der Waals surface area contributed by atoms with Gasteiger partial charge in [-0.25, -0.2) is 9.13 Å². The number of esters is 4. The molecule has 0 heterocycles. The van der Waals surface area contributed by atoms with Crippen molar-refractivity contribution < 1.29 is 80.2 Å². The van der Waals surface area contributed by atoms with Crippen molar-refractivity contribution in [2.75, 3.05) is 39.6 Å². The minimum absolute atomic E-state index is 0.106. The van der Waals surface area contributed by atoms with Crippen molar-refractivity contribution in [1.29, 1.82) is 0 Å². The standard InChI is InChI=1S/C73H142O17P2/c1-5-9-13-17-21-24-26-28-30-32-33-35-37-39-41-44-48-52-56-60-73(78)90-69(64-84-71(76)58-54-50-46-43-40-38-36-34-31-29-27-25-22-18-14-10-6-2)66-88-92(81,82)86-62-67(74)61-85-91(79,80)87-65-68(63-83-70(75)57-53-49-45-20-16-12-8-4)89-72(77)59-55-51-47-42-23-19-15-11-7-3/h67-69,74H,5-66H2,1-4H3,(H,79,80)(H,81,82)/t67-,68+,69+/m0/s1. The molecule has 92 heavy (non-hydrogen) atoms. The molecular formula is C73H142O17P2. The van der Waals surface area contributed by atoms with Gasteiger partial charge in [-0.05, 0) is 25.7 Å². The fourth-order valence-electron chi connectivity index (χ4n) is 11.2. The fraction of sp³-hybridized carbons (Fsp3) is 0.945. The molecule has 0 fully saturated rings. The zero-order valence-corrected chi connectivity index (χ0v) is 61.3. The van der Waals surface area contributed by atoms with Crippen molar-refractivity contribution in [2.24, 2.45) is 0 Å². The molecular weight excluding hydrogens is 1210 g/mol. The van der Waals surface area contributed by atoms with Crippen molar-refractivity contribution in [3.05, 3.63) is 0 Å². The van der Waals surface area contributed by atoms with E-state index in [1.165, 1.54) is 205 Å². The minimum Gasteiger partial charge on any atom is -0.462 e. The first-order chi connectivity index (χ1) is 44.7. The number of phosphoric acid groups is 2. The fourth-order valence-corrected chi connectivity index (χ4v) is 12.8. The summed E-state index contributed by atoms with van der Waals surface area (Å²) in [7, 11) is -9.89. The third-order valence-corrected chi connectivity index (χ3v) is 19.0. The first-order valence-corrected chi connectivity index (χ1v) is 41.3. The lowest BCUT2D eigenvalue weighted by Gasteiger charge is -2.21. The molecule has 0 aliphatic rings. The zero-order valence-electron chi connectivity index (χ0n) is 59.5. The molecule has 0 spiro atoms. The van der Waals surface area contributed by atoms with E-state index in [1.54, 1.807) is 0 Å². The SMILES string of the molecule is CCCCCCCCCCCCCCCCCCCCCC(=O)O[C@H](COC(=O)CCCCCCCCCCCCCCCCCCC)COP(=O)(O)OC[C@@H](O)COP(=O)(O)OC[C@@H](COC(=O)CCCCCCCCC)OC(=O)CCCCCCCCCCC. The number of unbranched alkanes of at least 4 members (excludes halogenated alkanes) is 48. The minimum atomic E-state index is -4.95. The van der Waals surface area contributed by atoms with E-state index in [2.05, 4.69) is 27.7 Å². The highest BCUT2D eigenvalue weighted by Gasteiger charge is 2.30. The molecule has 0 radical (unpaired) electrons. The van der Waals surface area contributed by atoms with E-state index < -0.39 is 97.5 Å². The summed E-state index contributed by atoms with van der Waals surface area (Å²) >= 11 is 0. The first-order valence-electron chi connectivity index (χ1n) is 38.3. The Kier molecular flexibility index (Phi) is 66.2. The second kappa shape index (κ2) is 67.6. The predicted molar refractivity (Wildman–Crippen MR) is 372 cm³/mol.